The Morgan fingerprint density at radius 1 is 1.20 bits per heavy atom. The Labute approximate surface area is 121 Å². The van der Waals surface area contributed by atoms with Crippen molar-refractivity contribution in [2.75, 3.05) is 7.05 Å². The van der Waals surface area contributed by atoms with Crippen LogP contribution >= 0.6 is 11.3 Å². The average molecular weight is 297 g/mol. The van der Waals surface area contributed by atoms with Crippen molar-refractivity contribution in [2.45, 2.75) is 26.5 Å². The molecule has 0 aliphatic heterocycles. The minimum absolute atomic E-state index is 0.149. The molecule has 0 saturated carbocycles. The maximum absolute atomic E-state index is 12.5. The van der Waals surface area contributed by atoms with Crippen LogP contribution in [0.1, 0.15) is 26.9 Å². The summed E-state index contributed by atoms with van der Waals surface area (Å²) < 4.78 is 29.7. The summed E-state index contributed by atoms with van der Waals surface area (Å²) in [5.41, 5.74) is 1.87. The van der Waals surface area contributed by atoms with E-state index in [-0.39, 0.29) is 11.8 Å². The zero-order valence-corrected chi connectivity index (χ0v) is 12.4. The molecule has 1 heterocycles. The molecular formula is C15H17F2NOS. The Morgan fingerprint density at radius 2 is 1.90 bits per heavy atom. The van der Waals surface area contributed by atoms with Crippen LogP contribution in [-0.2, 0) is 0 Å². The van der Waals surface area contributed by atoms with Gasteiger partial charge in [0.1, 0.15) is 5.75 Å². The molecule has 1 N–H and O–H groups in total. The van der Waals surface area contributed by atoms with Crippen molar-refractivity contribution in [3.8, 4) is 5.75 Å². The highest BCUT2D eigenvalue weighted by Gasteiger charge is 2.21. The van der Waals surface area contributed by atoms with Crippen molar-refractivity contribution in [1.82, 2.24) is 5.32 Å². The second-order valence-electron chi connectivity index (χ2n) is 4.54. The summed E-state index contributed by atoms with van der Waals surface area (Å²) in [7, 11) is 1.82. The number of rotatable bonds is 5. The van der Waals surface area contributed by atoms with Crippen molar-refractivity contribution < 1.29 is 13.5 Å². The molecule has 1 atom stereocenters. The first-order valence-electron chi connectivity index (χ1n) is 6.31. The van der Waals surface area contributed by atoms with Gasteiger partial charge in [0.15, 0.2) is 0 Å². The molecule has 108 valence electrons. The van der Waals surface area contributed by atoms with E-state index in [9.17, 15) is 8.78 Å². The van der Waals surface area contributed by atoms with Crippen LogP contribution in [0.5, 0.6) is 5.75 Å². The van der Waals surface area contributed by atoms with Gasteiger partial charge < -0.3 is 10.1 Å². The fourth-order valence-corrected chi connectivity index (χ4v) is 3.46. The van der Waals surface area contributed by atoms with E-state index < -0.39 is 6.61 Å². The molecule has 0 aliphatic rings. The Bertz CT molecular complexity index is 583. The van der Waals surface area contributed by atoms with Gasteiger partial charge in [-0.25, -0.2) is 0 Å². The minimum atomic E-state index is -2.82. The number of thiophene rings is 1. The normalized spacial score (nSPS) is 12.7. The summed E-state index contributed by atoms with van der Waals surface area (Å²) in [5.74, 6) is 0.215. The number of para-hydroxylation sites is 1. The van der Waals surface area contributed by atoms with Crippen LogP contribution in [0.3, 0.4) is 0 Å². The molecule has 1 aromatic heterocycles. The van der Waals surface area contributed by atoms with Crippen LogP contribution in [0.25, 0.3) is 0 Å². The number of aryl methyl sites for hydroxylation is 2. The zero-order chi connectivity index (χ0) is 14.7. The second kappa shape index (κ2) is 6.33. The highest BCUT2D eigenvalue weighted by Crippen LogP contribution is 2.36. The molecular weight excluding hydrogens is 280 g/mol. The smallest absolute Gasteiger partial charge is 0.387 e. The highest BCUT2D eigenvalue weighted by atomic mass is 32.1. The first kappa shape index (κ1) is 14.9. The fourth-order valence-electron chi connectivity index (χ4n) is 2.30. The summed E-state index contributed by atoms with van der Waals surface area (Å²) >= 11 is 1.66. The molecule has 2 nitrogen and oxygen atoms in total. The summed E-state index contributed by atoms with van der Waals surface area (Å²) in [6.07, 6.45) is 0. The molecule has 1 unspecified atom stereocenters. The first-order valence-corrected chi connectivity index (χ1v) is 7.12. The molecule has 20 heavy (non-hydrogen) atoms. The van der Waals surface area contributed by atoms with Crippen LogP contribution in [0.15, 0.2) is 30.3 Å². The Balaban J connectivity index is 2.44. The summed E-state index contributed by atoms with van der Waals surface area (Å²) in [6.45, 7) is 1.25. The summed E-state index contributed by atoms with van der Waals surface area (Å²) in [5, 5.41) is 3.19. The zero-order valence-electron chi connectivity index (χ0n) is 11.6. The molecule has 0 aliphatic carbocycles. The molecule has 2 rings (SSSR count). The fraction of sp³-hybridized carbons (Fsp3) is 0.333. The van der Waals surface area contributed by atoms with E-state index in [1.165, 1.54) is 4.88 Å². The molecule has 5 heteroatoms. The van der Waals surface area contributed by atoms with Gasteiger partial charge in [-0.05, 0) is 38.6 Å². The van der Waals surface area contributed by atoms with Gasteiger partial charge >= 0.3 is 6.61 Å². The van der Waals surface area contributed by atoms with Gasteiger partial charge in [-0.15, -0.1) is 11.3 Å². The third-order valence-electron chi connectivity index (χ3n) is 3.08. The third kappa shape index (κ3) is 3.16. The number of nitrogens with one attached hydrogen (secondary N) is 1. The molecule has 0 saturated heterocycles. The molecule has 0 amide bonds. The van der Waals surface area contributed by atoms with Crippen LogP contribution < -0.4 is 10.1 Å². The molecule has 2 aromatic rings. The lowest BCUT2D eigenvalue weighted by atomic mass is 10.0. The number of alkyl halides is 2. The van der Waals surface area contributed by atoms with E-state index in [2.05, 4.69) is 16.1 Å². The molecule has 0 spiro atoms. The van der Waals surface area contributed by atoms with E-state index in [1.807, 2.05) is 33.0 Å². The van der Waals surface area contributed by atoms with Crippen molar-refractivity contribution in [3.05, 3.63) is 51.2 Å². The number of halogens is 2. The van der Waals surface area contributed by atoms with E-state index >= 15 is 0 Å². The van der Waals surface area contributed by atoms with Gasteiger partial charge in [0.25, 0.3) is 0 Å². The summed E-state index contributed by atoms with van der Waals surface area (Å²) in [6, 6.07) is 8.85. The monoisotopic (exact) mass is 297 g/mol. The maximum Gasteiger partial charge on any atom is 0.387 e. The Hall–Kier alpha value is -1.46. The molecule has 0 fully saturated rings. The van der Waals surface area contributed by atoms with Gasteiger partial charge in [-0.3, -0.25) is 0 Å². The van der Waals surface area contributed by atoms with Crippen LogP contribution in [0, 0.1) is 13.8 Å². The number of hydrogen-bond acceptors (Lipinski definition) is 3. The average Bonchev–Trinajstić information content (AvgIpc) is 2.71. The third-order valence-corrected chi connectivity index (χ3v) is 4.29. The van der Waals surface area contributed by atoms with Crippen molar-refractivity contribution >= 4 is 11.3 Å². The van der Waals surface area contributed by atoms with E-state index in [0.717, 1.165) is 16.0 Å². The van der Waals surface area contributed by atoms with E-state index in [0.29, 0.717) is 0 Å². The van der Waals surface area contributed by atoms with E-state index in [1.54, 1.807) is 23.5 Å². The van der Waals surface area contributed by atoms with E-state index in [4.69, 9.17) is 0 Å². The standard InChI is InChI=1S/C15H17F2NOS/c1-9-8-10(2)20-14(9)13(18-3)11-6-4-5-7-12(11)19-15(16)17/h4-8,13,15,18H,1-3H3. The van der Waals surface area contributed by atoms with Gasteiger partial charge in [0, 0.05) is 15.3 Å². The maximum atomic E-state index is 12.5. The molecule has 0 bridgehead atoms. The number of hydrogen-bond donors (Lipinski definition) is 1. The predicted molar refractivity (Wildman–Crippen MR) is 77.8 cm³/mol. The SMILES string of the molecule is CNC(c1ccccc1OC(F)F)c1sc(C)cc1C. The number of benzene rings is 1. The Morgan fingerprint density at radius 3 is 2.45 bits per heavy atom. The van der Waals surface area contributed by atoms with Gasteiger partial charge in [-0.2, -0.15) is 8.78 Å². The highest BCUT2D eigenvalue weighted by molar-refractivity contribution is 7.12. The Kier molecular flexibility index (Phi) is 4.73. The quantitative estimate of drug-likeness (QED) is 0.889. The van der Waals surface area contributed by atoms with Gasteiger partial charge in [0.05, 0.1) is 6.04 Å². The first-order chi connectivity index (χ1) is 9.52. The predicted octanol–water partition coefficient (Wildman–Crippen LogP) is 4.28. The molecule has 1 aromatic carbocycles. The van der Waals surface area contributed by atoms with Crippen molar-refractivity contribution in [2.24, 2.45) is 0 Å². The lowest BCUT2D eigenvalue weighted by Gasteiger charge is -2.19. The van der Waals surface area contributed by atoms with Crippen LogP contribution in [-0.4, -0.2) is 13.7 Å². The van der Waals surface area contributed by atoms with Gasteiger partial charge in [0.2, 0.25) is 0 Å². The van der Waals surface area contributed by atoms with Crippen LogP contribution in [0.2, 0.25) is 0 Å². The van der Waals surface area contributed by atoms with Crippen molar-refractivity contribution in [3.63, 3.8) is 0 Å². The molecule has 0 radical (unpaired) electrons. The largest absolute Gasteiger partial charge is 0.434 e. The minimum Gasteiger partial charge on any atom is -0.434 e. The number of ether oxygens (including phenoxy) is 1. The lowest BCUT2D eigenvalue weighted by Crippen LogP contribution is -2.19. The van der Waals surface area contributed by atoms with Crippen molar-refractivity contribution in [1.29, 1.82) is 0 Å². The second-order valence-corrected chi connectivity index (χ2v) is 5.83. The summed E-state index contributed by atoms with van der Waals surface area (Å²) in [4.78, 5) is 2.32. The topological polar surface area (TPSA) is 21.3 Å². The van der Waals surface area contributed by atoms with Crippen LogP contribution in [0.4, 0.5) is 8.78 Å². The van der Waals surface area contributed by atoms with Gasteiger partial charge in [-0.1, -0.05) is 18.2 Å². The lowest BCUT2D eigenvalue weighted by molar-refractivity contribution is -0.0506.